The summed E-state index contributed by atoms with van der Waals surface area (Å²) < 4.78 is 11.3. The van der Waals surface area contributed by atoms with Crippen LogP contribution in [0.15, 0.2) is 76.3 Å². The third-order valence-electron chi connectivity index (χ3n) is 6.01. The fourth-order valence-electron chi connectivity index (χ4n) is 4.22. The second-order valence-corrected chi connectivity index (χ2v) is 9.09. The molecule has 35 heavy (non-hydrogen) atoms. The van der Waals surface area contributed by atoms with Crippen LogP contribution in [0.5, 0.6) is 5.75 Å². The summed E-state index contributed by atoms with van der Waals surface area (Å²) in [6, 6.07) is 19.0. The van der Waals surface area contributed by atoms with Gasteiger partial charge in [0.15, 0.2) is 0 Å². The molecule has 0 bridgehead atoms. The summed E-state index contributed by atoms with van der Waals surface area (Å²) in [5.41, 5.74) is 4.39. The van der Waals surface area contributed by atoms with E-state index in [1.165, 1.54) is 5.56 Å². The molecule has 2 aromatic heterocycles. The number of urea groups is 1. The van der Waals surface area contributed by atoms with Gasteiger partial charge in [0, 0.05) is 5.70 Å². The highest BCUT2D eigenvalue weighted by atomic mass is 32.1. The Hall–Kier alpha value is -3.91. The van der Waals surface area contributed by atoms with Gasteiger partial charge in [-0.05, 0) is 67.1 Å². The first-order valence-electron chi connectivity index (χ1n) is 11.6. The summed E-state index contributed by atoms with van der Waals surface area (Å²) in [5, 5.41) is 9.34. The van der Waals surface area contributed by atoms with Crippen molar-refractivity contribution in [3.8, 4) is 16.5 Å². The number of anilines is 1. The van der Waals surface area contributed by atoms with Crippen molar-refractivity contribution in [1.82, 2.24) is 15.5 Å². The summed E-state index contributed by atoms with van der Waals surface area (Å²) in [7, 11) is 0. The first-order chi connectivity index (χ1) is 17.1. The molecular weight excluding hydrogens is 460 g/mol. The molecule has 1 aliphatic rings. The molecule has 7 nitrogen and oxygen atoms in total. The van der Waals surface area contributed by atoms with Crippen molar-refractivity contribution in [1.29, 1.82) is 0 Å². The lowest BCUT2D eigenvalue weighted by Crippen LogP contribution is -2.46. The van der Waals surface area contributed by atoms with Gasteiger partial charge in [-0.1, -0.05) is 42.4 Å². The third kappa shape index (κ3) is 4.44. The lowest BCUT2D eigenvalue weighted by atomic mass is 9.93. The van der Waals surface area contributed by atoms with Gasteiger partial charge in [0.2, 0.25) is 5.82 Å². The molecule has 0 spiro atoms. The zero-order valence-corrected chi connectivity index (χ0v) is 20.6. The van der Waals surface area contributed by atoms with Crippen LogP contribution in [0.1, 0.15) is 43.8 Å². The molecule has 0 saturated heterocycles. The molecule has 1 atom stereocenters. The summed E-state index contributed by atoms with van der Waals surface area (Å²) in [6.07, 6.45) is 0.943. The van der Waals surface area contributed by atoms with Gasteiger partial charge in [0.1, 0.15) is 5.75 Å². The quantitative estimate of drug-likeness (QED) is 0.324. The average Bonchev–Trinajstić information content (AvgIpc) is 3.57. The largest absolute Gasteiger partial charge is 0.494 e. The van der Waals surface area contributed by atoms with Crippen molar-refractivity contribution in [3.05, 3.63) is 88.8 Å². The monoisotopic (exact) mass is 486 g/mol. The van der Waals surface area contributed by atoms with E-state index in [-0.39, 0.29) is 6.03 Å². The van der Waals surface area contributed by atoms with E-state index in [9.17, 15) is 4.79 Å². The van der Waals surface area contributed by atoms with Gasteiger partial charge in [-0.25, -0.2) is 4.79 Å². The highest BCUT2D eigenvalue weighted by molar-refractivity contribution is 7.13. The van der Waals surface area contributed by atoms with E-state index in [0.717, 1.165) is 39.6 Å². The van der Waals surface area contributed by atoms with E-state index in [2.05, 4.69) is 29.5 Å². The first kappa shape index (κ1) is 22.9. The lowest BCUT2D eigenvalue weighted by Gasteiger charge is -2.35. The maximum absolute atomic E-state index is 13.4. The minimum absolute atomic E-state index is 0.224. The molecular formula is C27H26N4O3S. The van der Waals surface area contributed by atoms with Crippen molar-refractivity contribution in [3.63, 3.8) is 0 Å². The van der Waals surface area contributed by atoms with Crippen molar-refractivity contribution in [2.24, 2.45) is 0 Å². The third-order valence-corrected chi connectivity index (χ3v) is 6.88. The molecule has 2 amide bonds. The second-order valence-electron chi connectivity index (χ2n) is 8.14. The Labute approximate surface area is 208 Å². The van der Waals surface area contributed by atoms with E-state index in [1.54, 1.807) is 16.2 Å². The Morgan fingerprint density at radius 2 is 1.86 bits per heavy atom. The molecule has 1 aliphatic heterocycles. The number of allylic oxidation sites excluding steroid dienone is 1. The molecule has 178 valence electrons. The number of carbonyl (C=O) groups excluding carboxylic acids is 1. The normalized spacial score (nSPS) is 15.9. The number of hydrogen-bond acceptors (Lipinski definition) is 6. The molecule has 5 rings (SSSR count). The molecule has 8 heteroatoms. The first-order valence-corrected chi connectivity index (χ1v) is 12.5. The summed E-state index contributed by atoms with van der Waals surface area (Å²) in [4.78, 5) is 20.6. The Morgan fingerprint density at radius 3 is 2.51 bits per heavy atom. The highest BCUT2D eigenvalue weighted by Gasteiger charge is 2.36. The summed E-state index contributed by atoms with van der Waals surface area (Å²) in [6.45, 7) is 6.54. The number of nitrogens with one attached hydrogen (secondary N) is 1. The number of thiophene rings is 1. The lowest BCUT2D eigenvalue weighted by molar-refractivity contribution is 0.244. The zero-order valence-electron chi connectivity index (χ0n) is 19.8. The van der Waals surface area contributed by atoms with E-state index < -0.39 is 6.04 Å². The molecule has 4 aromatic rings. The molecule has 1 unspecified atom stereocenters. The topological polar surface area (TPSA) is 80.5 Å². The van der Waals surface area contributed by atoms with Crippen LogP contribution >= 0.6 is 11.3 Å². The van der Waals surface area contributed by atoms with Crippen LogP contribution in [-0.2, 0) is 6.42 Å². The average molecular weight is 487 g/mol. The molecule has 0 saturated carbocycles. The standard InChI is InChI=1S/C27H26N4O3S/c1-4-18-8-10-19(11-9-18)24-23(26-29-25(30-34-26)22-7-6-16-35-22)17(3)31(27(32)28-24)20-12-14-21(15-13-20)33-5-2/h6-16,24H,4-5H2,1-3H3,(H,28,32). The summed E-state index contributed by atoms with van der Waals surface area (Å²) in [5.74, 6) is 1.66. The van der Waals surface area contributed by atoms with Crippen molar-refractivity contribution >= 4 is 28.6 Å². The van der Waals surface area contributed by atoms with Gasteiger partial charge < -0.3 is 14.6 Å². The van der Waals surface area contributed by atoms with Crippen LogP contribution in [0.2, 0.25) is 0 Å². The number of nitrogens with zero attached hydrogens (tertiary/aromatic N) is 3. The maximum Gasteiger partial charge on any atom is 0.326 e. The number of benzene rings is 2. The Bertz CT molecular complexity index is 1340. The predicted molar refractivity (Wildman–Crippen MR) is 137 cm³/mol. The minimum Gasteiger partial charge on any atom is -0.494 e. The zero-order chi connectivity index (χ0) is 24.4. The smallest absolute Gasteiger partial charge is 0.326 e. The van der Waals surface area contributed by atoms with E-state index in [4.69, 9.17) is 14.2 Å². The molecule has 0 aliphatic carbocycles. The van der Waals surface area contributed by atoms with Crippen molar-refractivity contribution < 1.29 is 14.1 Å². The van der Waals surface area contributed by atoms with Crippen LogP contribution in [-0.4, -0.2) is 22.8 Å². The number of aryl methyl sites for hydroxylation is 1. The van der Waals surface area contributed by atoms with E-state index in [1.807, 2.05) is 67.8 Å². The SMILES string of the molecule is CCOc1ccc(N2C(=O)NC(c3ccc(CC)cc3)C(c3nc(-c4cccs4)no3)=C2C)cc1. The fourth-order valence-corrected chi connectivity index (χ4v) is 4.87. The van der Waals surface area contributed by atoms with Gasteiger partial charge in [-0.3, -0.25) is 4.90 Å². The number of amides is 2. The van der Waals surface area contributed by atoms with Gasteiger partial charge in [-0.15, -0.1) is 11.3 Å². The molecule has 2 aromatic carbocycles. The highest BCUT2D eigenvalue weighted by Crippen LogP contribution is 2.39. The van der Waals surface area contributed by atoms with Crippen LogP contribution in [0.25, 0.3) is 16.3 Å². The number of carbonyl (C=O) groups is 1. The van der Waals surface area contributed by atoms with Gasteiger partial charge in [-0.2, -0.15) is 4.98 Å². The second kappa shape index (κ2) is 9.76. The van der Waals surface area contributed by atoms with Crippen LogP contribution in [0, 0.1) is 0 Å². The van der Waals surface area contributed by atoms with Crippen molar-refractivity contribution in [2.75, 3.05) is 11.5 Å². The predicted octanol–water partition coefficient (Wildman–Crippen LogP) is 6.46. The molecule has 0 fully saturated rings. The van der Waals surface area contributed by atoms with E-state index in [0.29, 0.717) is 18.3 Å². The maximum atomic E-state index is 13.4. The van der Waals surface area contributed by atoms with E-state index >= 15 is 0 Å². The Morgan fingerprint density at radius 1 is 1.09 bits per heavy atom. The fraction of sp³-hybridized carbons (Fsp3) is 0.222. The van der Waals surface area contributed by atoms with Crippen LogP contribution < -0.4 is 15.0 Å². The molecule has 0 radical (unpaired) electrons. The number of ether oxygens (including phenoxy) is 1. The Balaban J connectivity index is 1.61. The minimum atomic E-state index is -0.427. The van der Waals surface area contributed by atoms with Crippen molar-refractivity contribution in [2.45, 2.75) is 33.2 Å². The van der Waals surface area contributed by atoms with Crippen LogP contribution in [0.4, 0.5) is 10.5 Å². The Kier molecular flexibility index (Phi) is 6.37. The number of aromatic nitrogens is 2. The number of rotatable bonds is 7. The summed E-state index contributed by atoms with van der Waals surface area (Å²) >= 11 is 1.55. The van der Waals surface area contributed by atoms with Gasteiger partial charge in [0.25, 0.3) is 5.89 Å². The number of hydrogen-bond donors (Lipinski definition) is 1. The molecule has 3 heterocycles. The molecule has 1 N–H and O–H groups in total. The van der Waals surface area contributed by atoms with Crippen LogP contribution in [0.3, 0.4) is 0 Å². The van der Waals surface area contributed by atoms with Gasteiger partial charge >= 0.3 is 6.03 Å². The van der Waals surface area contributed by atoms with Gasteiger partial charge in [0.05, 0.1) is 28.8 Å².